The van der Waals surface area contributed by atoms with Gasteiger partial charge in [0, 0.05) is 27.8 Å². The second-order valence-electron chi connectivity index (χ2n) is 9.20. The minimum absolute atomic E-state index is 0.287. The molecule has 0 aromatic heterocycles. The SMILES string of the molecule is C=C(C)C(=O)Oc1ccc(/C=C/c2cc(OC(=O)C(=C)CC)c(-c3ccc(OC(=O)C(=C)C)cc3)cc2OC)cc1. The molecule has 7 nitrogen and oxygen atoms in total. The molecule has 41 heavy (non-hydrogen) atoms. The van der Waals surface area contributed by atoms with Crippen LogP contribution >= 0.6 is 0 Å². The van der Waals surface area contributed by atoms with E-state index in [1.165, 1.54) is 0 Å². The fourth-order valence-electron chi connectivity index (χ4n) is 3.43. The van der Waals surface area contributed by atoms with E-state index in [2.05, 4.69) is 19.7 Å². The first kappa shape index (κ1) is 30.4. The van der Waals surface area contributed by atoms with Crippen molar-refractivity contribution in [3.05, 3.63) is 108 Å². The second-order valence-corrected chi connectivity index (χ2v) is 9.20. The van der Waals surface area contributed by atoms with Crippen molar-refractivity contribution in [3.8, 4) is 34.1 Å². The van der Waals surface area contributed by atoms with Gasteiger partial charge in [0.1, 0.15) is 23.0 Å². The van der Waals surface area contributed by atoms with Crippen molar-refractivity contribution in [1.82, 2.24) is 0 Å². The number of benzene rings is 3. The van der Waals surface area contributed by atoms with Crippen LogP contribution in [0.2, 0.25) is 0 Å². The highest BCUT2D eigenvalue weighted by Gasteiger charge is 2.17. The Kier molecular flexibility index (Phi) is 10.2. The van der Waals surface area contributed by atoms with E-state index in [-0.39, 0.29) is 5.57 Å². The molecule has 0 radical (unpaired) electrons. The normalized spacial score (nSPS) is 10.5. The van der Waals surface area contributed by atoms with Gasteiger partial charge in [0.05, 0.1) is 7.11 Å². The molecular formula is C34H32O7. The van der Waals surface area contributed by atoms with Gasteiger partial charge < -0.3 is 18.9 Å². The van der Waals surface area contributed by atoms with E-state index >= 15 is 0 Å². The van der Waals surface area contributed by atoms with Crippen LogP contribution in [-0.2, 0) is 14.4 Å². The summed E-state index contributed by atoms with van der Waals surface area (Å²) in [6.07, 6.45) is 4.12. The number of hydrogen-bond donors (Lipinski definition) is 0. The van der Waals surface area contributed by atoms with Gasteiger partial charge in [-0.2, -0.15) is 0 Å². The fraction of sp³-hybridized carbons (Fsp3) is 0.147. The summed E-state index contributed by atoms with van der Waals surface area (Å²) < 4.78 is 21.9. The van der Waals surface area contributed by atoms with Crippen molar-refractivity contribution in [2.24, 2.45) is 0 Å². The maximum absolute atomic E-state index is 12.7. The molecule has 210 valence electrons. The molecule has 0 spiro atoms. The molecule has 0 N–H and O–H groups in total. The summed E-state index contributed by atoms with van der Waals surface area (Å²) in [7, 11) is 1.55. The van der Waals surface area contributed by atoms with E-state index in [4.69, 9.17) is 18.9 Å². The van der Waals surface area contributed by atoms with Gasteiger partial charge in [-0.25, -0.2) is 14.4 Å². The molecule has 0 saturated carbocycles. The number of hydrogen-bond acceptors (Lipinski definition) is 7. The lowest BCUT2D eigenvalue weighted by Gasteiger charge is -2.15. The molecule has 3 aromatic carbocycles. The average molecular weight is 553 g/mol. The molecule has 3 rings (SSSR count). The van der Waals surface area contributed by atoms with Crippen molar-refractivity contribution in [3.63, 3.8) is 0 Å². The summed E-state index contributed by atoms with van der Waals surface area (Å²) in [5, 5.41) is 0. The van der Waals surface area contributed by atoms with Crippen LogP contribution in [0.1, 0.15) is 38.3 Å². The Morgan fingerprint density at radius 3 is 1.73 bits per heavy atom. The molecular weight excluding hydrogens is 520 g/mol. The van der Waals surface area contributed by atoms with E-state index in [0.29, 0.717) is 57.3 Å². The molecule has 0 aliphatic carbocycles. The standard InChI is InChI=1S/C34H32O7/c1-8-23(6)34(37)41-31-19-26(12-9-24-10-15-27(16-11-24)39-32(35)21(2)3)30(38-7)20-29(31)25-13-17-28(18-14-25)40-33(36)22(4)5/h9-20H,2,4,6,8H2,1,3,5,7H3/b12-9+. The first-order valence-electron chi connectivity index (χ1n) is 12.8. The lowest BCUT2D eigenvalue weighted by molar-refractivity contribution is -0.131. The average Bonchev–Trinajstić information content (AvgIpc) is 2.96. The number of methoxy groups -OCH3 is 1. The van der Waals surface area contributed by atoms with E-state index in [0.717, 1.165) is 5.56 Å². The molecule has 0 atom stereocenters. The van der Waals surface area contributed by atoms with Crippen molar-refractivity contribution >= 4 is 30.1 Å². The third kappa shape index (κ3) is 8.16. The minimum atomic E-state index is -0.541. The van der Waals surface area contributed by atoms with Crippen LogP contribution in [0, 0.1) is 0 Å². The zero-order chi connectivity index (χ0) is 30.1. The number of rotatable bonds is 11. The van der Waals surface area contributed by atoms with Gasteiger partial charge in [0.15, 0.2) is 0 Å². The maximum Gasteiger partial charge on any atom is 0.338 e. The van der Waals surface area contributed by atoms with E-state index in [1.807, 2.05) is 19.1 Å². The summed E-state index contributed by atoms with van der Waals surface area (Å²) in [4.78, 5) is 36.3. The molecule has 7 heteroatoms. The van der Waals surface area contributed by atoms with Gasteiger partial charge in [-0.15, -0.1) is 0 Å². The van der Waals surface area contributed by atoms with Crippen LogP contribution in [-0.4, -0.2) is 25.0 Å². The number of carbonyl (C=O) groups excluding carboxylic acids is 3. The van der Waals surface area contributed by atoms with Crippen molar-refractivity contribution < 1.29 is 33.3 Å². The Hall–Kier alpha value is -5.17. The lowest BCUT2D eigenvalue weighted by Crippen LogP contribution is -2.11. The Morgan fingerprint density at radius 1 is 0.707 bits per heavy atom. The summed E-state index contributed by atoms with van der Waals surface area (Å²) in [5.41, 5.74) is 3.73. The van der Waals surface area contributed by atoms with Crippen LogP contribution in [0.5, 0.6) is 23.0 Å². The van der Waals surface area contributed by atoms with Gasteiger partial charge >= 0.3 is 17.9 Å². The third-order valence-electron chi connectivity index (χ3n) is 5.87. The maximum atomic E-state index is 12.7. The quantitative estimate of drug-likeness (QED) is 0.106. The molecule has 0 bridgehead atoms. The number of esters is 3. The highest BCUT2D eigenvalue weighted by atomic mass is 16.5. The molecule has 0 amide bonds. The van der Waals surface area contributed by atoms with Gasteiger partial charge in [0.2, 0.25) is 0 Å². The van der Waals surface area contributed by atoms with Crippen LogP contribution in [0.25, 0.3) is 23.3 Å². The molecule has 0 aliphatic rings. The largest absolute Gasteiger partial charge is 0.496 e. The molecule has 3 aromatic rings. The molecule has 0 saturated heterocycles. The van der Waals surface area contributed by atoms with Crippen LogP contribution < -0.4 is 18.9 Å². The Bertz CT molecular complexity index is 1520. The monoisotopic (exact) mass is 552 g/mol. The van der Waals surface area contributed by atoms with Gasteiger partial charge in [0.25, 0.3) is 0 Å². The molecule has 0 heterocycles. The summed E-state index contributed by atoms with van der Waals surface area (Å²) >= 11 is 0. The van der Waals surface area contributed by atoms with Crippen molar-refractivity contribution in [2.45, 2.75) is 27.2 Å². The summed E-state index contributed by atoms with van der Waals surface area (Å²) in [5.74, 6) is 0.0448. The molecule has 0 aliphatic heterocycles. The zero-order valence-corrected chi connectivity index (χ0v) is 23.6. The number of ether oxygens (including phenoxy) is 4. The van der Waals surface area contributed by atoms with Gasteiger partial charge in [-0.05, 0) is 67.8 Å². The predicted molar refractivity (Wildman–Crippen MR) is 160 cm³/mol. The highest BCUT2D eigenvalue weighted by molar-refractivity contribution is 5.92. The first-order chi connectivity index (χ1) is 19.5. The van der Waals surface area contributed by atoms with E-state index in [1.54, 1.807) is 81.6 Å². The topological polar surface area (TPSA) is 88.1 Å². The van der Waals surface area contributed by atoms with E-state index in [9.17, 15) is 14.4 Å². The molecule has 0 unspecified atom stereocenters. The van der Waals surface area contributed by atoms with Crippen molar-refractivity contribution in [2.75, 3.05) is 7.11 Å². The Balaban J connectivity index is 1.97. The van der Waals surface area contributed by atoms with Crippen LogP contribution in [0.3, 0.4) is 0 Å². The zero-order valence-electron chi connectivity index (χ0n) is 23.6. The minimum Gasteiger partial charge on any atom is -0.496 e. The number of carbonyl (C=O) groups is 3. The Labute approximate surface area is 240 Å². The van der Waals surface area contributed by atoms with Crippen molar-refractivity contribution in [1.29, 1.82) is 0 Å². The van der Waals surface area contributed by atoms with Gasteiger partial charge in [-0.1, -0.05) is 63.1 Å². The van der Waals surface area contributed by atoms with E-state index < -0.39 is 17.9 Å². The first-order valence-corrected chi connectivity index (χ1v) is 12.8. The predicted octanol–water partition coefficient (Wildman–Crippen LogP) is 7.37. The summed E-state index contributed by atoms with van der Waals surface area (Å²) in [6.45, 7) is 15.9. The van der Waals surface area contributed by atoms with Gasteiger partial charge in [-0.3, -0.25) is 0 Å². The smallest absolute Gasteiger partial charge is 0.338 e. The van der Waals surface area contributed by atoms with Crippen LogP contribution in [0.4, 0.5) is 0 Å². The highest BCUT2D eigenvalue weighted by Crippen LogP contribution is 2.38. The Morgan fingerprint density at radius 2 is 1.24 bits per heavy atom. The lowest BCUT2D eigenvalue weighted by atomic mass is 10.0. The third-order valence-corrected chi connectivity index (χ3v) is 5.87. The molecule has 0 fully saturated rings. The fourth-order valence-corrected chi connectivity index (χ4v) is 3.43. The summed E-state index contributed by atoms with van der Waals surface area (Å²) in [6, 6.07) is 17.2. The van der Waals surface area contributed by atoms with Crippen LogP contribution in [0.15, 0.2) is 97.1 Å². The second kappa shape index (κ2) is 13.8.